The summed E-state index contributed by atoms with van der Waals surface area (Å²) in [5.74, 6) is -0.219. The quantitative estimate of drug-likeness (QED) is 0.160. The zero-order valence-corrected chi connectivity index (χ0v) is 26.0. The van der Waals surface area contributed by atoms with Gasteiger partial charge in [-0.2, -0.15) is 0 Å². The van der Waals surface area contributed by atoms with Gasteiger partial charge in [0.2, 0.25) is 11.8 Å². The molecule has 3 rings (SSSR count). The number of hydrogen-bond donors (Lipinski definition) is 3. The van der Waals surface area contributed by atoms with Gasteiger partial charge in [-0.05, 0) is 64.9 Å². The van der Waals surface area contributed by atoms with Crippen LogP contribution in [0.1, 0.15) is 35.2 Å². The topological polar surface area (TPSA) is 125 Å². The van der Waals surface area contributed by atoms with Crippen molar-refractivity contribution in [1.29, 1.82) is 0 Å². The number of halogens is 3. The third-order valence-electron chi connectivity index (χ3n) is 6.49. The van der Waals surface area contributed by atoms with E-state index in [1.165, 1.54) is 24.2 Å². The van der Waals surface area contributed by atoms with Crippen LogP contribution in [0.25, 0.3) is 0 Å². The molecule has 0 unspecified atom stereocenters. The van der Waals surface area contributed by atoms with Crippen molar-refractivity contribution in [3.05, 3.63) is 79.4 Å². The number of nitrogens with zero attached hydrogens (tertiary/aromatic N) is 1. The molecule has 0 spiro atoms. The standard InChI is InChI=1S/C29H31Cl2IN2O7/c1-3-4-5-26(37)34(15-18-6-7-20(30)14-21(18)31)23-12-19(29(39)33-8-9-35)13-24(27(23)38)41-28-22(32)10-17(16-36)11-25(28)40-2/h3,6-7,10-11,13-14,16,23-24,27,35,38H,1,4-5,8-9,12,15H2,2H3,(H,33,39)/t23-,24+,27+/m1/s1. The Morgan fingerprint density at radius 2 is 2.02 bits per heavy atom. The first-order chi connectivity index (χ1) is 19.6. The molecule has 2 aromatic carbocycles. The van der Waals surface area contributed by atoms with E-state index in [1.807, 2.05) is 22.6 Å². The molecule has 12 heteroatoms. The summed E-state index contributed by atoms with van der Waals surface area (Å²) in [5.41, 5.74) is 1.24. The van der Waals surface area contributed by atoms with Gasteiger partial charge in [0, 0.05) is 47.1 Å². The Hall–Kier alpha value is -2.64. The Bertz CT molecular complexity index is 1320. The molecule has 3 atom stereocenters. The van der Waals surface area contributed by atoms with Crippen molar-refractivity contribution in [1.82, 2.24) is 10.2 Å². The molecule has 0 aromatic heterocycles. The Morgan fingerprint density at radius 3 is 2.66 bits per heavy atom. The Morgan fingerprint density at radius 1 is 1.27 bits per heavy atom. The summed E-state index contributed by atoms with van der Waals surface area (Å²) in [6.45, 7) is 3.50. The minimum absolute atomic E-state index is 0.0155. The van der Waals surface area contributed by atoms with E-state index in [1.54, 1.807) is 30.3 Å². The predicted octanol–water partition coefficient (Wildman–Crippen LogP) is 4.33. The number of aliphatic hydroxyl groups excluding tert-OH is 2. The van der Waals surface area contributed by atoms with E-state index in [-0.39, 0.29) is 55.5 Å². The van der Waals surface area contributed by atoms with Crippen molar-refractivity contribution in [2.75, 3.05) is 20.3 Å². The second-order valence-corrected chi connectivity index (χ2v) is 11.3. The maximum Gasteiger partial charge on any atom is 0.247 e. The van der Waals surface area contributed by atoms with Crippen LogP contribution in [0.4, 0.5) is 0 Å². The molecule has 0 heterocycles. The molecule has 9 nitrogen and oxygen atoms in total. The number of amides is 2. The summed E-state index contributed by atoms with van der Waals surface area (Å²) in [6, 6.07) is 7.14. The molecule has 0 saturated carbocycles. The van der Waals surface area contributed by atoms with Crippen LogP contribution in [-0.4, -0.2) is 71.7 Å². The van der Waals surface area contributed by atoms with E-state index in [2.05, 4.69) is 11.9 Å². The summed E-state index contributed by atoms with van der Waals surface area (Å²) < 4.78 is 12.2. The van der Waals surface area contributed by atoms with Gasteiger partial charge in [0.1, 0.15) is 18.5 Å². The van der Waals surface area contributed by atoms with E-state index in [0.29, 0.717) is 37.4 Å². The van der Waals surface area contributed by atoms with Gasteiger partial charge in [-0.1, -0.05) is 35.3 Å². The maximum absolute atomic E-state index is 13.5. The number of benzene rings is 2. The molecule has 0 aliphatic heterocycles. The number of nitrogens with one attached hydrogen (secondary N) is 1. The van der Waals surface area contributed by atoms with E-state index >= 15 is 0 Å². The van der Waals surface area contributed by atoms with E-state index in [9.17, 15) is 24.6 Å². The van der Waals surface area contributed by atoms with Crippen molar-refractivity contribution in [2.24, 2.45) is 0 Å². The summed E-state index contributed by atoms with van der Waals surface area (Å²) in [4.78, 5) is 39.4. The smallest absolute Gasteiger partial charge is 0.247 e. The number of rotatable bonds is 13. The van der Waals surface area contributed by atoms with Crippen LogP contribution in [0, 0.1) is 3.57 Å². The molecule has 0 radical (unpaired) electrons. The van der Waals surface area contributed by atoms with Crippen LogP contribution in [0.5, 0.6) is 11.5 Å². The second kappa shape index (κ2) is 15.5. The summed E-state index contributed by atoms with van der Waals surface area (Å²) in [6.07, 6.45) is 2.00. The number of aldehydes is 1. The lowest BCUT2D eigenvalue weighted by molar-refractivity contribution is -0.139. The Balaban J connectivity index is 2.06. The second-order valence-electron chi connectivity index (χ2n) is 9.25. The third-order valence-corrected chi connectivity index (χ3v) is 7.88. The zero-order valence-electron chi connectivity index (χ0n) is 22.3. The highest BCUT2D eigenvalue weighted by atomic mass is 127. The van der Waals surface area contributed by atoms with Gasteiger partial charge in [-0.3, -0.25) is 14.4 Å². The highest BCUT2D eigenvalue weighted by molar-refractivity contribution is 14.1. The van der Waals surface area contributed by atoms with Crippen LogP contribution in [0.15, 0.2) is 54.6 Å². The lowest BCUT2D eigenvalue weighted by Crippen LogP contribution is -2.54. The molecule has 41 heavy (non-hydrogen) atoms. The fraction of sp³-hybridized carbons (Fsp3) is 0.345. The molecular weight excluding hydrogens is 686 g/mol. The van der Waals surface area contributed by atoms with Gasteiger partial charge < -0.3 is 29.9 Å². The monoisotopic (exact) mass is 716 g/mol. The highest BCUT2D eigenvalue weighted by Gasteiger charge is 2.41. The normalized spacial score (nSPS) is 18.2. The van der Waals surface area contributed by atoms with E-state index in [0.717, 1.165) is 0 Å². The first-order valence-corrected chi connectivity index (χ1v) is 14.6. The fourth-order valence-electron chi connectivity index (χ4n) is 4.43. The van der Waals surface area contributed by atoms with Gasteiger partial charge in [-0.15, -0.1) is 6.58 Å². The van der Waals surface area contributed by atoms with E-state index in [4.69, 9.17) is 32.7 Å². The first kappa shape index (κ1) is 32.9. The van der Waals surface area contributed by atoms with Crippen LogP contribution in [0.3, 0.4) is 0 Å². The highest BCUT2D eigenvalue weighted by Crippen LogP contribution is 2.37. The van der Waals surface area contributed by atoms with Crippen molar-refractivity contribution in [3.8, 4) is 11.5 Å². The SMILES string of the molecule is C=CCCC(=O)N(Cc1ccc(Cl)cc1Cl)[C@@H]1CC(C(=O)NCCO)=C[C@H](Oc2c(I)cc(C=O)cc2OC)[C@H]1O. The van der Waals surface area contributed by atoms with Gasteiger partial charge in [0.25, 0.3) is 0 Å². The summed E-state index contributed by atoms with van der Waals surface area (Å²) in [5, 5.41) is 24.3. The molecule has 1 aliphatic carbocycles. The van der Waals surface area contributed by atoms with E-state index < -0.39 is 24.2 Å². The molecule has 1 aliphatic rings. The number of methoxy groups -OCH3 is 1. The van der Waals surface area contributed by atoms with Gasteiger partial charge in [0.15, 0.2) is 11.5 Å². The number of ether oxygens (including phenoxy) is 2. The van der Waals surface area contributed by atoms with Crippen LogP contribution in [0.2, 0.25) is 10.0 Å². The van der Waals surface area contributed by atoms with Crippen LogP contribution < -0.4 is 14.8 Å². The minimum Gasteiger partial charge on any atom is -0.493 e. The summed E-state index contributed by atoms with van der Waals surface area (Å²) in [7, 11) is 1.42. The molecule has 220 valence electrons. The Kier molecular flexibility index (Phi) is 12.5. The largest absolute Gasteiger partial charge is 0.493 e. The van der Waals surface area contributed by atoms with Gasteiger partial charge in [-0.25, -0.2) is 0 Å². The molecule has 2 amide bonds. The predicted molar refractivity (Wildman–Crippen MR) is 165 cm³/mol. The zero-order chi connectivity index (χ0) is 30.1. The third kappa shape index (κ3) is 8.45. The molecule has 3 N–H and O–H groups in total. The van der Waals surface area contributed by atoms with Crippen molar-refractivity contribution in [3.63, 3.8) is 0 Å². The van der Waals surface area contributed by atoms with Crippen LogP contribution in [-0.2, 0) is 16.1 Å². The van der Waals surface area contributed by atoms with Crippen LogP contribution >= 0.6 is 45.8 Å². The first-order valence-electron chi connectivity index (χ1n) is 12.7. The number of aliphatic hydroxyl groups is 2. The molecule has 0 saturated heterocycles. The minimum atomic E-state index is -1.27. The number of carbonyl (C=O) groups excluding carboxylic acids is 3. The lowest BCUT2D eigenvalue weighted by Gasteiger charge is -2.41. The number of allylic oxidation sites excluding steroid dienone is 1. The molecule has 0 bridgehead atoms. The summed E-state index contributed by atoms with van der Waals surface area (Å²) >= 11 is 14.5. The molecule has 2 aromatic rings. The number of hydrogen-bond acceptors (Lipinski definition) is 7. The van der Waals surface area contributed by atoms with Crippen molar-refractivity contribution in [2.45, 2.75) is 44.1 Å². The van der Waals surface area contributed by atoms with Gasteiger partial charge in [0.05, 0.1) is 23.3 Å². The maximum atomic E-state index is 13.5. The van der Waals surface area contributed by atoms with Gasteiger partial charge >= 0.3 is 0 Å². The van der Waals surface area contributed by atoms with Crippen molar-refractivity contribution >= 4 is 63.9 Å². The molecular formula is C29H31Cl2IN2O7. The molecule has 0 fully saturated rings. The lowest BCUT2D eigenvalue weighted by atomic mass is 9.87. The number of carbonyl (C=O) groups is 3. The Labute approximate surface area is 262 Å². The fourth-order valence-corrected chi connectivity index (χ4v) is 5.65. The van der Waals surface area contributed by atoms with Crippen molar-refractivity contribution < 1.29 is 34.1 Å². The average Bonchev–Trinajstić information content (AvgIpc) is 2.96. The average molecular weight is 717 g/mol.